The highest BCUT2D eigenvalue weighted by atomic mass is 16.5. The molecule has 0 atom stereocenters. The number of nitrogens with zero attached hydrogens (tertiary/aromatic N) is 4. The molecule has 0 aliphatic carbocycles. The van der Waals surface area contributed by atoms with Gasteiger partial charge in [0.05, 0.1) is 16.9 Å². The number of anilines is 2. The molecule has 3 aliphatic rings. The lowest BCUT2D eigenvalue weighted by atomic mass is 9.99. The largest absolute Gasteiger partial charge is 0.487 e. The molecule has 1 aromatic heterocycles. The van der Waals surface area contributed by atoms with Gasteiger partial charge in [0.1, 0.15) is 11.4 Å². The zero-order valence-corrected chi connectivity index (χ0v) is 21.2. The zero-order valence-electron chi connectivity index (χ0n) is 21.2. The molecule has 5 rings (SSSR count). The van der Waals surface area contributed by atoms with Crippen LogP contribution in [0.4, 0.5) is 11.4 Å². The van der Waals surface area contributed by atoms with Gasteiger partial charge in [0, 0.05) is 82.6 Å². The van der Waals surface area contributed by atoms with Crippen LogP contribution in [0.15, 0.2) is 36.8 Å². The lowest BCUT2D eigenvalue weighted by molar-refractivity contribution is -0.111. The third-order valence-corrected chi connectivity index (χ3v) is 7.22. The maximum Gasteiger partial charge on any atom is 0.261 e. The molecule has 36 heavy (non-hydrogen) atoms. The quantitative estimate of drug-likeness (QED) is 0.593. The number of rotatable bonds is 6. The van der Waals surface area contributed by atoms with Crippen LogP contribution in [0.5, 0.6) is 5.75 Å². The van der Waals surface area contributed by atoms with Crippen molar-refractivity contribution in [1.82, 2.24) is 14.9 Å². The molecular formula is C27H36N6O3. The number of nitrogens with two attached hydrogens (primary N) is 1. The van der Waals surface area contributed by atoms with Crippen molar-refractivity contribution in [2.24, 2.45) is 11.7 Å². The number of aromatic nitrogens is 2. The average Bonchev–Trinajstić information content (AvgIpc) is 3.18. The molecule has 4 heterocycles. The second kappa shape index (κ2) is 10.4. The summed E-state index contributed by atoms with van der Waals surface area (Å²) >= 11 is 0. The number of nitrogens with one attached hydrogen (secondary N) is 1. The van der Waals surface area contributed by atoms with E-state index in [4.69, 9.17) is 15.2 Å². The lowest BCUT2D eigenvalue weighted by Crippen LogP contribution is -2.48. The van der Waals surface area contributed by atoms with Crippen LogP contribution in [0, 0.1) is 5.92 Å². The van der Waals surface area contributed by atoms with E-state index in [0.29, 0.717) is 5.82 Å². The van der Waals surface area contributed by atoms with E-state index in [2.05, 4.69) is 45.0 Å². The molecular weight excluding hydrogens is 456 g/mol. The summed E-state index contributed by atoms with van der Waals surface area (Å²) in [4.78, 5) is 26.6. The van der Waals surface area contributed by atoms with Crippen LogP contribution < -0.4 is 20.7 Å². The average molecular weight is 493 g/mol. The van der Waals surface area contributed by atoms with Crippen molar-refractivity contribution < 1.29 is 14.3 Å². The lowest BCUT2D eigenvalue weighted by Gasteiger charge is -2.39. The van der Waals surface area contributed by atoms with Crippen LogP contribution in [0.3, 0.4) is 0 Å². The third-order valence-electron chi connectivity index (χ3n) is 7.22. The van der Waals surface area contributed by atoms with Gasteiger partial charge in [-0.15, -0.1) is 0 Å². The predicted octanol–water partition coefficient (Wildman–Crippen LogP) is 2.68. The van der Waals surface area contributed by atoms with Crippen molar-refractivity contribution in [3.05, 3.63) is 48.2 Å². The van der Waals surface area contributed by atoms with Crippen LogP contribution in [-0.4, -0.2) is 72.3 Å². The molecule has 0 saturated carbocycles. The fourth-order valence-corrected chi connectivity index (χ4v) is 5.35. The molecule has 2 aromatic rings. The van der Waals surface area contributed by atoms with Gasteiger partial charge in [-0.25, -0.2) is 9.97 Å². The molecule has 1 aromatic carbocycles. The van der Waals surface area contributed by atoms with Gasteiger partial charge in [0.15, 0.2) is 5.82 Å². The number of ether oxygens (including phenoxy) is 2. The fourth-order valence-electron chi connectivity index (χ4n) is 5.35. The van der Waals surface area contributed by atoms with E-state index in [0.717, 1.165) is 93.8 Å². The van der Waals surface area contributed by atoms with Crippen molar-refractivity contribution in [3.8, 4) is 5.75 Å². The number of carbonyl (C=O) groups is 1. The third kappa shape index (κ3) is 5.47. The molecule has 0 unspecified atom stereocenters. The Morgan fingerprint density at radius 3 is 2.58 bits per heavy atom. The van der Waals surface area contributed by atoms with Crippen LogP contribution >= 0.6 is 0 Å². The molecule has 2 saturated heterocycles. The fraction of sp³-hybridized carbons (Fsp3) is 0.519. The van der Waals surface area contributed by atoms with Crippen molar-refractivity contribution in [3.63, 3.8) is 0 Å². The Bertz CT molecular complexity index is 1110. The summed E-state index contributed by atoms with van der Waals surface area (Å²) in [6, 6.07) is 5.84. The summed E-state index contributed by atoms with van der Waals surface area (Å²) in [7, 11) is 0. The number of hydrogen-bond acceptors (Lipinski definition) is 8. The number of amides is 1. The SMILES string of the molecule is CC1(C)Cc2cc(NC(=O)C(=CN)c3ncccn3)c(N3CCN(CC4CCOCC4)CC3)cc2O1. The van der Waals surface area contributed by atoms with Gasteiger partial charge in [-0.3, -0.25) is 9.69 Å². The second-order valence-corrected chi connectivity index (χ2v) is 10.5. The Labute approximate surface area is 212 Å². The molecule has 1 amide bonds. The van der Waals surface area contributed by atoms with Gasteiger partial charge in [0.2, 0.25) is 0 Å². The molecule has 3 aliphatic heterocycles. The monoisotopic (exact) mass is 492 g/mol. The zero-order chi connectivity index (χ0) is 25.1. The first-order chi connectivity index (χ1) is 17.4. The number of carbonyl (C=O) groups excluding carboxylic acids is 1. The molecule has 192 valence electrons. The van der Waals surface area contributed by atoms with Gasteiger partial charge in [-0.05, 0) is 44.7 Å². The predicted molar refractivity (Wildman–Crippen MR) is 140 cm³/mol. The van der Waals surface area contributed by atoms with Crippen LogP contribution in [0.1, 0.15) is 38.1 Å². The molecule has 0 spiro atoms. The summed E-state index contributed by atoms with van der Waals surface area (Å²) in [5.74, 6) is 1.57. The molecule has 3 N–H and O–H groups in total. The highest BCUT2D eigenvalue weighted by Gasteiger charge is 2.33. The smallest absolute Gasteiger partial charge is 0.261 e. The van der Waals surface area contributed by atoms with Gasteiger partial charge in [-0.1, -0.05) is 0 Å². The van der Waals surface area contributed by atoms with Gasteiger partial charge < -0.3 is 25.4 Å². The van der Waals surface area contributed by atoms with E-state index in [9.17, 15) is 4.79 Å². The van der Waals surface area contributed by atoms with E-state index in [1.54, 1.807) is 18.5 Å². The van der Waals surface area contributed by atoms with Crippen molar-refractivity contribution in [2.75, 3.05) is 56.2 Å². The van der Waals surface area contributed by atoms with E-state index < -0.39 is 0 Å². The first kappa shape index (κ1) is 24.5. The molecule has 0 bridgehead atoms. The maximum atomic E-state index is 13.3. The second-order valence-electron chi connectivity index (χ2n) is 10.5. The van der Waals surface area contributed by atoms with Crippen LogP contribution in [0.2, 0.25) is 0 Å². The van der Waals surface area contributed by atoms with Gasteiger partial charge in [-0.2, -0.15) is 0 Å². The molecule has 9 heteroatoms. The normalized spacial score (nSPS) is 20.6. The number of fused-ring (bicyclic) bond motifs is 1. The summed E-state index contributed by atoms with van der Waals surface area (Å²) in [6.45, 7) is 10.8. The van der Waals surface area contributed by atoms with Crippen molar-refractivity contribution >= 4 is 22.9 Å². The van der Waals surface area contributed by atoms with E-state index in [1.165, 1.54) is 6.20 Å². The van der Waals surface area contributed by atoms with E-state index in [-0.39, 0.29) is 17.1 Å². The summed E-state index contributed by atoms with van der Waals surface area (Å²) < 4.78 is 11.8. The van der Waals surface area contributed by atoms with Crippen molar-refractivity contribution in [2.45, 2.75) is 38.7 Å². The highest BCUT2D eigenvalue weighted by molar-refractivity contribution is 6.24. The Morgan fingerprint density at radius 1 is 1.17 bits per heavy atom. The standard InChI is InChI=1S/C27H36N6O3/c1-27(2)16-20-14-22(31-26(34)21(17-28)25-29-6-3-7-30-25)23(15-24(20)36-27)33-10-8-32(9-11-33)18-19-4-12-35-13-5-19/h3,6-7,14-15,17,19H,4-5,8-13,16,18,28H2,1-2H3,(H,31,34). The number of hydrogen-bond donors (Lipinski definition) is 2. The van der Waals surface area contributed by atoms with Crippen LogP contribution in [-0.2, 0) is 16.0 Å². The summed E-state index contributed by atoms with van der Waals surface area (Å²) in [5, 5.41) is 3.10. The Balaban J connectivity index is 1.35. The molecule has 2 fully saturated rings. The molecule has 9 nitrogen and oxygen atoms in total. The first-order valence-corrected chi connectivity index (χ1v) is 12.8. The van der Waals surface area contributed by atoms with Gasteiger partial charge >= 0.3 is 0 Å². The maximum absolute atomic E-state index is 13.3. The van der Waals surface area contributed by atoms with Gasteiger partial charge in [0.25, 0.3) is 5.91 Å². The Hall–Kier alpha value is -3.17. The van der Waals surface area contributed by atoms with Crippen molar-refractivity contribution in [1.29, 1.82) is 0 Å². The first-order valence-electron chi connectivity index (χ1n) is 12.8. The van der Waals surface area contributed by atoms with E-state index >= 15 is 0 Å². The topological polar surface area (TPSA) is 106 Å². The summed E-state index contributed by atoms with van der Waals surface area (Å²) in [6.07, 6.45) is 7.54. The molecule has 0 radical (unpaired) electrons. The number of piperazine rings is 1. The minimum absolute atomic E-state index is 0.236. The minimum Gasteiger partial charge on any atom is -0.487 e. The van der Waals surface area contributed by atoms with E-state index in [1.807, 2.05) is 6.07 Å². The minimum atomic E-state index is -0.332. The highest BCUT2D eigenvalue weighted by Crippen LogP contribution is 2.42. The van der Waals surface area contributed by atoms with Crippen LogP contribution in [0.25, 0.3) is 5.57 Å². The number of benzene rings is 1. The Kier molecular flexibility index (Phi) is 7.11. The Morgan fingerprint density at radius 2 is 1.89 bits per heavy atom. The summed E-state index contributed by atoms with van der Waals surface area (Å²) in [5.41, 5.74) is 8.59.